The molecule has 0 saturated heterocycles. The lowest BCUT2D eigenvalue weighted by Gasteiger charge is -2.01. The fraction of sp³-hybridized carbons (Fsp3) is 0.300. The molecule has 68 valence electrons. The summed E-state index contributed by atoms with van der Waals surface area (Å²) in [5, 5.41) is 0. The molecule has 1 nitrogen and oxygen atoms in total. The lowest BCUT2D eigenvalue weighted by molar-refractivity contribution is 0.0945. The maximum absolute atomic E-state index is 11.7. The highest BCUT2D eigenvalue weighted by atomic mass is 79.9. The molecule has 1 aromatic rings. The fourth-order valence-electron chi connectivity index (χ4n) is 1.73. The molecule has 0 fully saturated rings. The molecule has 0 heterocycles. The number of Topliss-reactive ketones (excluding diaryl/α,β-unsaturated/α-hetero) is 1. The van der Waals surface area contributed by atoms with Crippen LogP contribution in [0.25, 0.3) is 0 Å². The molecule has 0 radical (unpaired) electrons. The predicted molar refractivity (Wildman–Crippen MR) is 59.0 cm³/mol. The molecule has 0 bridgehead atoms. The molecular weight excluding hydrogens is 296 g/mol. The van der Waals surface area contributed by atoms with Gasteiger partial charge in [-0.2, -0.15) is 0 Å². The second-order valence-electron chi connectivity index (χ2n) is 3.39. The molecule has 1 aliphatic carbocycles. The molecule has 0 amide bonds. The van der Waals surface area contributed by atoms with Gasteiger partial charge in [0.1, 0.15) is 0 Å². The zero-order valence-corrected chi connectivity index (χ0v) is 10.3. The van der Waals surface area contributed by atoms with Gasteiger partial charge < -0.3 is 0 Å². The van der Waals surface area contributed by atoms with Crippen LogP contribution in [0.2, 0.25) is 0 Å². The second kappa shape index (κ2) is 3.21. The fourth-order valence-corrected chi connectivity index (χ4v) is 3.24. The largest absolute Gasteiger partial charge is 0.294 e. The molecular formula is C10H8Br2O. The van der Waals surface area contributed by atoms with Crippen LogP contribution in [0, 0.1) is 5.92 Å². The van der Waals surface area contributed by atoms with Crippen molar-refractivity contribution < 1.29 is 4.79 Å². The summed E-state index contributed by atoms with van der Waals surface area (Å²) >= 11 is 6.83. The zero-order chi connectivity index (χ0) is 9.59. The van der Waals surface area contributed by atoms with Crippen LogP contribution >= 0.6 is 31.9 Å². The number of benzene rings is 1. The summed E-state index contributed by atoms with van der Waals surface area (Å²) in [4.78, 5) is 11.7. The topological polar surface area (TPSA) is 17.1 Å². The van der Waals surface area contributed by atoms with Gasteiger partial charge >= 0.3 is 0 Å². The van der Waals surface area contributed by atoms with Crippen LogP contribution in [0.3, 0.4) is 0 Å². The molecule has 1 aromatic carbocycles. The lowest BCUT2D eigenvalue weighted by atomic mass is 10.1. The Morgan fingerprint density at radius 2 is 2.08 bits per heavy atom. The van der Waals surface area contributed by atoms with Crippen LogP contribution < -0.4 is 0 Å². The zero-order valence-electron chi connectivity index (χ0n) is 7.10. The van der Waals surface area contributed by atoms with E-state index in [2.05, 4.69) is 31.9 Å². The van der Waals surface area contributed by atoms with Crippen molar-refractivity contribution in [3.05, 3.63) is 32.2 Å². The summed E-state index contributed by atoms with van der Waals surface area (Å²) < 4.78 is 1.94. The summed E-state index contributed by atoms with van der Waals surface area (Å²) in [6.45, 7) is 1.97. The van der Waals surface area contributed by atoms with Gasteiger partial charge in [-0.15, -0.1) is 0 Å². The Balaban J connectivity index is 2.64. The summed E-state index contributed by atoms with van der Waals surface area (Å²) in [5.41, 5.74) is 2.02. The number of carbonyl (C=O) groups excluding carboxylic acids is 1. The van der Waals surface area contributed by atoms with E-state index in [4.69, 9.17) is 0 Å². The van der Waals surface area contributed by atoms with Gasteiger partial charge in [-0.3, -0.25) is 4.79 Å². The van der Waals surface area contributed by atoms with E-state index in [1.165, 1.54) is 0 Å². The Hall–Kier alpha value is -0.150. The van der Waals surface area contributed by atoms with Crippen molar-refractivity contribution in [2.75, 3.05) is 0 Å². The molecule has 0 saturated carbocycles. The van der Waals surface area contributed by atoms with E-state index in [0.29, 0.717) is 0 Å². The maximum Gasteiger partial charge on any atom is 0.167 e. The molecule has 13 heavy (non-hydrogen) atoms. The van der Waals surface area contributed by atoms with E-state index in [1.54, 1.807) is 0 Å². The third-order valence-corrected chi connectivity index (χ3v) is 3.44. The van der Waals surface area contributed by atoms with E-state index in [0.717, 1.165) is 26.5 Å². The first-order chi connectivity index (χ1) is 6.09. The number of carbonyl (C=O) groups is 1. The quantitative estimate of drug-likeness (QED) is 0.716. The molecule has 1 unspecified atom stereocenters. The van der Waals surface area contributed by atoms with E-state index in [1.807, 2.05) is 19.1 Å². The number of rotatable bonds is 0. The summed E-state index contributed by atoms with van der Waals surface area (Å²) in [6.07, 6.45) is 0.867. The highest BCUT2D eigenvalue weighted by molar-refractivity contribution is 9.11. The number of fused-ring (bicyclic) bond motifs is 1. The van der Waals surface area contributed by atoms with Crippen molar-refractivity contribution in [3.63, 3.8) is 0 Å². The highest BCUT2D eigenvalue weighted by Gasteiger charge is 2.29. The van der Waals surface area contributed by atoms with Gasteiger partial charge in [-0.05, 0) is 40.0 Å². The summed E-state index contributed by atoms with van der Waals surface area (Å²) in [6, 6.07) is 3.95. The molecule has 0 aromatic heterocycles. The molecule has 3 heteroatoms. The number of halogens is 2. The SMILES string of the molecule is CC1Cc2cc(Br)cc(Br)c2C1=O. The number of ketones is 1. The van der Waals surface area contributed by atoms with E-state index in [9.17, 15) is 4.79 Å². The number of hydrogen-bond donors (Lipinski definition) is 0. The highest BCUT2D eigenvalue weighted by Crippen LogP contribution is 2.34. The van der Waals surface area contributed by atoms with E-state index in [-0.39, 0.29) is 11.7 Å². The smallest absolute Gasteiger partial charge is 0.167 e. The van der Waals surface area contributed by atoms with Crippen molar-refractivity contribution in [3.8, 4) is 0 Å². The minimum atomic E-state index is 0.139. The van der Waals surface area contributed by atoms with E-state index >= 15 is 0 Å². The average Bonchev–Trinajstić information content (AvgIpc) is 2.27. The standard InChI is InChI=1S/C10H8Br2O/c1-5-2-6-3-7(11)4-8(12)9(6)10(5)13/h3-5H,2H2,1H3. The third kappa shape index (κ3) is 1.48. The normalized spacial score (nSPS) is 20.5. The predicted octanol–water partition coefficient (Wildman–Crippen LogP) is 3.59. The van der Waals surface area contributed by atoms with Crippen LogP contribution in [-0.4, -0.2) is 5.78 Å². The first-order valence-corrected chi connectivity index (χ1v) is 5.70. The summed E-state index contributed by atoms with van der Waals surface area (Å²) in [7, 11) is 0. The molecule has 1 atom stereocenters. The Morgan fingerprint density at radius 3 is 2.77 bits per heavy atom. The van der Waals surface area contributed by atoms with Crippen LogP contribution in [-0.2, 0) is 6.42 Å². The Morgan fingerprint density at radius 1 is 1.38 bits per heavy atom. The Bertz CT molecular complexity index is 385. The van der Waals surface area contributed by atoms with Crippen molar-refractivity contribution in [2.24, 2.45) is 5.92 Å². The molecule has 2 rings (SSSR count). The third-order valence-electron chi connectivity index (χ3n) is 2.36. The van der Waals surface area contributed by atoms with Crippen LogP contribution in [0.4, 0.5) is 0 Å². The average molecular weight is 304 g/mol. The van der Waals surface area contributed by atoms with E-state index < -0.39 is 0 Å². The molecule has 0 N–H and O–H groups in total. The van der Waals surface area contributed by atoms with Gasteiger partial charge in [0.25, 0.3) is 0 Å². The first kappa shape index (κ1) is 9.41. The van der Waals surface area contributed by atoms with Gasteiger partial charge in [0.15, 0.2) is 5.78 Å². The first-order valence-electron chi connectivity index (χ1n) is 4.11. The van der Waals surface area contributed by atoms with Crippen molar-refractivity contribution in [1.82, 2.24) is 0 Å². The number of hydrogen-bond acceptors (Lipinski definition) is 1. The second-order valence-corrected chi connectivity index (χ2v) is 5.16. The van der Waals surface area contributed by atoms with Gasteiger partial charge in [0, 0.05) is 20.4 Å². The lowest BCUT2D eigenvalue weighted by Crippen LogP contribution is -2.03. The van der Waals surface area contributed by atoms with Crippen molar-refractivity contribution in [2.45, 2.75) is 13.3 Å². The minimum absolute atomic E-state index is 0.139. The maximum atomic E-state index is 11.7. The van der Waals surface area contributed by atoms with Crippen molar-refractivity contribution >= 4 is 37.6 Å². The van der Waals surface area contributed by atoms with Gasteiger partial charge in [-0.1, -0.05) is 22.9 Å². The molecule has 1 aliphatic rings. The Kier molecular flexibility index (Phi) is 2.32. The van der Waals surface area contributed by atoms with Crippen LogP contribution in [0.5, 0.6) is 0 Å². The van der Waals surface area contributed by atoms with Crippen molar-refractivity contribution in [1.29, 1.82) is 0 Å². The Labute approximate surface area is 93.8 Å². The van der Waals surface area contributed by atoms with Gasteiger partial charge in [0.05, 0.1) is 0 Å². The van der Waals surface area contributed by atoms with Gasteiger partial charge in [-0.25, -0.2) is 0 Å². The monoisotopic (exact) mass is 302 g/mol. The summed E-state index contributed by atoms with van der Waals surface area (Å²) in [5.74, 6) is 0.398. The molecule has 0 spiro atoms. The van der Waals surface area contributed by atoms with Crippen LogP contribution in [0.1, 0.15) is 22.8 Å². The van der Waals surface area contributed by atoms with Crippen LogP contribution in [0.15, 0.2) is 21.1 Å². The van der Waals surface area contributed by atoms with Gasteiger partial charge in [0.2, 0.25) is 0 Å². The minimum Gasteiger partial charge on any atom is -0.294 e. The molecule has 0 aliphatic heterocycles.